The molecule has 5 nitrogen and oxygen atoms in total. The molecular weight excluding hydrogens is 275 g/mol. The third-order valence-electron chi connectivity index (χ3n) is 2.42. The van der Waals surface area contributed by atoms with Gasteiger partial charge in [-0.1, -0.05) is 6.07 Å². The number of rotatable bonds is 6. The highest BCUT2D eigenvalue weighted by Gasteiger charge is 2.28. The van der Waals surface area contributed by atoms with Crippen molar-refractivity contribution in [1.29, 1.82) is 0 Å². The van der Waals surface area contributed by atoms with E-state index < -0.39 is 18.6 Å². The van der Waals surface area contributed by atoms with Crippen molar-refractivity contribution in [3.8, 4) is 5.75 Å². The van der Waals surface area contributed by atoms with Gasteiger partial charge in [-0.25, -0.2) is 5.84 Å². The lowest BCUT2D eigenvalue weighted by atomic mass is 10.2. The summed E-state index contributed by atoms with van der Waals surface area (Å²) in [7, 11) is 1.36. The summed E-state index contributed by atoms with van der Waals surface area (Å²) in [5.74, 6) is 4.93. The molecular formula is C12H16F3N3O2. The van der Waals surface area contributed by atoms with Crippen molar-refractivity contribution in [2.24, 2.45) is 5.84 Å². The summed E-state index contributed by atoms with van der Waals surface area (Å²) in [6.45, 7) is -0.793. The first kappa shape index (κ1) is 16.3. The number of nitrogens with one attached hydrogen (secondary N) is 1. The van der Waals surface area contributed by atoms with E-state index >= 15 is 0 Å². The largest absolute Gasteiger partial charge is 0.492 e. The summed E-state index contributed by atoms with van der Waals surface area (Å²) in [4.78, 5) is 12.4. The molecule has 0 aliphatic carbocycles. The number of carbonyl (C=O) groups is 1. The normalized spacial score (nSPS) is 11.5. The number of halogens is 3. The summed E-state index contributed by atoms with van der Waals surface area (Å²) in [6, 6.07) is 6.22. The van der Waals surface area contributed by atoms with Crippen LogP contribution in [-0.2, 0) is 0 Å². The van der Waals surface area contributed by atoms with Crippen LogP contribution in [0.3, 0.4) is 0 Å². The lowest BCUT2D eigenvalue weighted by molar-refractivity contribution is -0.143. The van der Waals surface area contributed by atoms with Gasteiger partial charge in [-0.15, -0.1) is 0 Å². The van der Waals surface area contributed by atoms with Gasteiger partial charge in [-0.05, 0) is 25.2 Å². The second-order valence-electron chi connectivity index (χ2n) is 4.20. The van der Waals surface area contributed by atoms with E-state index in [0.717, 1.165) is 4.90 Å². The second kappa shape index (κ2) is 7.11. The molecule has 0 aliphatic rings. The van der Waals surface area contributed by atoms with Gasteiger partial charge in [0.1, 0.15) is 12.4 Å². The summed E-state index contributed by atoms with van der Waals surface area (Å²) in [5.41, 5.74) is 2.29. The highest BCUT2D eigenvalue weighted by atomic mass is 19.4. The number of nitrogens with zero attached hydrogens (tertiary/aromatic N) is 1. The minimum absolute atomic E-state index is 0.0836. The van der Waals surface area contributed by atoms with Gasteiger partial charge in [0, 0.05) is 12.1 Å². The van der Waals surface area contributed by atoms with Crippen molar-refractivity contribution >= 4 is 5.91 Å². The maximum atomic E-state index is 12.1. The van der Waals surface area contributed by atoms with Gasteiger partial charge in [0.15, 0.2) is 0 Å². The van der Waals surface area contributed by atoms with E-state index in [4.69, 9.17) is 10.6 Å². The molecule has 0 atom stereocenters. The summed E-state index contributed by atoms with van der Waals surface area (Å²) < 4.78 is 41.6. The van der Waals surface area contributed by atoms with Crippen molar-refractivity contribution in [3.63, 3.8) is 0 Å². The maximum Gasteiger partial charge on any atom is 0.401 e. The number of hydrogen-bond acceptors (Lipinski definition) is 4. The van der Waals surface area contributed by atoms with E-state index in [0.29, 0.717) is 11.3 Å². The molecule has 0 aromatic heterocycles. The molecule has 3 N–H and O–H groups in total. The van der Waals surface area contributed by atoms with Crippen LogP contribution in [0, 0.1) is 0 Å². The Labute approximate surface area is 114 Å². The van der Waals surface area contributed by atoms with Crippen LogP contribution in [0.2, 0.25) is 0 Å². The Balaban J connectivity index is 2.44. The molecule has 0 spiro atoms. The first-order valence-electron chi connectivity index (χ1n) is 5.81. The molecule has 0 bridgehead atoms. The van der Waals surface area contributed by atoms with E-state index in [1.54, 1.807) is 18.2 Å². The Morgan fingerprint density at radius 3 is 2.75 bits per heavy atom. The molecule has 0 saturated heterocycles. The van der Waals surface area contributed by atoms with Gasteiger partial charge in [0.05, 0.1) is 6.54 Å². The van der Waals surface area contributed by atoms with Crippen molar-refractivity contribution in [2.45, 2.75) is 6.18 Å². The van der Waals surface area contributed by atoms with Crippen LogP contribution < -0.4 is 16.0 Å². The third-order valence-corrected chi connectivity index (χ3v) is 2.42. The molecule has 112 valence electrons. The van der Waals surface area contributed by atoms with Gasteiger partial charge >= 0.3 is 6.18 Å². The Hall–Kier alpha value is -1.80. The Kier molecular flexibility index (Phi) is 5.78. The van der Waals surface area contributed by atoms with Gasteiger partial charge in [0.2, 0.25) is 0 Å². The number of alkyl halides is 3. The molecule has 8 heteroatoms. The van der Waals surface area contributed by atoms with E-state index in [-0.39, 0.29) is 13.2 Å². The molecule has 20 heavy (non-hydrogen) atoms. The van der Waals surface area contributed by atoms with E-state index in [2.05, 4.69) is 0 Å². The number of amides is 1. The molecule has 0 radical (unpaired) electrons. The predicted octanol–water partition coefficient (Wildman–Crippen LogP) is 1.16. The van der Waals surface area contributed by atoms with Crippen LogP contribution in [0.5, 0.6) is 5.75 Å². The zero-order valence-corrected chi connectivity index (χ0v) is 10.9. The second-order valence-corrected chi connectivity index (χ2v) is 4.20. The topological polar surface area (TPSA) is 67.6 Å². The first-order valence-corrected chi connectivity index (χ1v) is 5.81. The highest BCUT2D eigenvalue weighted by Crippen LogP contribution is 2.16. The number of hydrazine groups is 1. The zero-order chi connectivity index (χ0) is 15.2. The van der Waals surface area contributed by atoms with Crippen molar-refractivity contribution in [2.75, 3.05) is 26.7 Å². The molecule has 1 amide bonds. The maximum absolute atomic E-state index is 12.1. The predicted molar refractivity (Wildman–Crippen MR) is 67.1 cm³/mol. The Morgan fingerprint density at radius 1 is 1.45 bits per heavy atom. The number of hydrogen-bond donors (Lipinski definition) is 2. The number of likely N-dealkylation sites (N-methyl/N-ethyl adjacent to an activating group) is 1. The molecule has 1 aromatic rings. The minimum Gasteiger partial charge on any atom is -0.492 e. The number of benzene rings is 1. The van der Waals surface area contributed by atoms with E-state index in [9.17, 15) is 18.0 Å². The molecule has 1 rings (SSSR count). The number of ether oxygens (including phenoxy) is 1. The number of nitrogen functional groups attached to an aromatic ring is 1. The SMILES string of the molecule is CN(CCOc1cccc(C(=O)NN)c1)CC(F)(F)F. The van der Waals surface area contributed by atoms with Crippen molar-refractivity contribution in [1.82, 2.24) is 10.3 Å². The molecule has 0 unspecified atom stereocenters. The zero-order valence-electron chi connectivity index (χ0n) is 10.9. The molecule has 0 saturated carbocycles. The van der Waals surface area contributed by atoms with E-state index in [1.165, 1.54) is 13.1 Å². The summed E-state index contributed by atoms with van der Waals surface area (Å²) in [6.07, 6.45) is -4.23. The quantitative estimate of drug-likeness (QED) is 0.469. The van der Waals surface area contributed by atoms with Crippen LogP contribution >= 0.6 is 0 Å². The molecule has 1 aromatic carbocycles. The highest BCUT2D eigenvalue weighted by molar-refractivity contribution is 5.94. The molecule has 0 aliphatic heterocycles. The van der Waals surface area contributed by atoms with Crippen molar-refractivity contribution < 1.29 is 22.7 Å². The average molecular weight is 291 g/mol. The number of carbonyl (C=O) groups excluding carboxylic acids is 1. The minimum atomic E-state index is -4.23. The van der Waals surface area contributed by atoms with Crippen LogP contribution in [0.4, 0.5) is 13.2 Å². The van der Waals surface area contributed by atoms with Crippen LogP contribution in [0.1, 0.15) is 10.4 Å². The lowest BCUT2D eigenvalue weighted by Gasteiger charge is -2.18. The van der Waals surface area contributed by atoms with E-state index in [1.807, 2.05) is 5.43 Å². The van der Waals surface area contributed by atoms with Gasteiger partial charge < -0.3 is 4.74 Å². The van der Waals surface area contributed by atoms with Gasteiger partial charge in [0.25, 0.3) is 5.91 Å². The summed E-state index contributed by atoms with van der Waals surface area (Å²) >= 11 is 0. The smallest absolute Gasteiger partial charge is 0.401 e. The Bertz CT molecular complexity index is 452. The van der Waals surface area contributed by atoms with Crippen molar-refractivity contribution in [3.05, 3.63) is 29.8 Å². The Morgan fingerprint density at radius 2 is 2.15 bits per heavy atom. The fourth-order valence-corrected chi connectivity index (χ4v) is 1.51. The fourth-order valence-electron chi connectivity index (χ4n) is 1.51. The first-order chi connectivity index (χ1) is 9.31. The monoisotopic (exact) mass is 291 g/mol. The molecule has 0 heterocycles. The average Bonchev–Trinajstić information content (AvgIpc) is 2.36. The lowest BCUT2D eigenvalue weighted by Crippen LogP contribution is -2.33. The van der Waals surface area contributed by atoms with Gasteiger partial charge in [-0.2, -0.15) is 13.2 Å². The standard InChI is InChI=1S/C12H16F3N3O2/c1-18(8-12(13,14)15)5-6-20-10-4-2-3-9(7-10)11(19)17-16/h2-4,7H,5-6,8,16H2,1H3,(H,17,19). The van der Waals surface area contributed by atoms with Crippen LogP contribution in [-0.4, -0.2) is 43.7 Å². The fraction of sp³-hybridized carbons (Fsp3) is 0.417. The van der Waals surface area contributed by atoms with Crippen LogP contribution in [0.25, 0.3) is 0 Å². The summed E-state index contributed by atoms with van der Waals surface area (Å²) in [5, 5.41) is 0. The van der Waals surface area contributed by atoms with Gasteiger partial charge in [-0.3, -0.25) is 15.1 Å². The number of nitrogens with two attached hydrogens (primary N) is 1. The molecule has 0 fully saturated rings. The van der Waals surface area contributed by atoms with Crippen LogP contribution in [0.15, 0.2) is 24.3 Å². The third kappa shape index (κ3) is 5.89.